The number of hydrogen-bond donors (Lipinski definition) is 3. The Bertz CT molecular complexity index is 738. The van der Waals surface area contributed by atoms with E-state index in [-0.39, 0.29) is 27.4 Å². The minimum atomic E-state index is 0.00202. The highest BCUT2D eigenvalue weighted by molar-refractivity contribution is 6.44. The molecular formula is C13H14Cl2N6. The van der Waals surface area contributed by atoms with Gasteiger partial charge in [-0.3, -0.25) is 0 Å². The van der Waals surface area contributed by atoms with Gasteiger partial charge in [-0.2, -0.15) is 10.2 Å². The predicted molar refractivity (Wildman–Crippen MR) is 86.5 cm³/mol. The van der Waals surface area contributed by atoms with E-state index in [2.05, 4.69) is 22.2 Å². The van der Waals surface area contributed by atoms with Gasteiger partial charge in [0.1, 0.15) is 17.4 Å². The average Bonchev–Trinajstić information content (AvgIpc) is 2.43. The van der Waals surface area contributed by atoms with Gasteiger partial charge < -0.3 is 16.8 Å². The van der Waals surface area contributed by atoms with Gasteiger partial charge in [0.25, 0.3) is 0 Å². The zero-order valence-corrected chi connectivity index (χ0v) is 12.9. The van der Waals surface area contributed by atoms with Gasteiger partial charge in [0.2, 0.25) is 5.95 Å². The highest BCUT2D eigenvalue weighted by Crippen LogP contribution is 2.41. The number of benzene rings is 1. The molecule has 1 aromatic heterocycles. The molecule has 0 fully saturated rings. The third kappa shape index (κ3) is 2.75. The SMILES string of the molecule is CCCCNc1c(C#N)c(Cl)c2c(N)nc(N)nc2c1Cl. The van der Waals surface area contributed by atoms with E-state index in [4.69, 9.17) is 34.7 Å². The first-order valence-electron chi connectivity index (χ1n) is 6.38. The molecule has 1 aromatic carbocycles. The molecule has 0 aliphatic rings. The van der Waals surface area contributed by atoms with Crippen molar-refractivity contribution in [1.82, 2.24) is 9.97 Å². The Morgan fingerprint density at radius 2 is 1.95 bits per heavy atom. The van der Waals surface area contributed by atoms with Crippen LogP contribution in [0, 0.1) is 11.3 Å². The van der Waals surface area contributed by atoms with Crippen molar-refractivity contribution in [1.29, 1.82) is 5.26 Å². The number of halogens is 2. The lowest BCUT2D eigenvalue weighted by atomic mass is 10.1. The summed E-state index contributed by atoms with van der Waals surface area (Å²) in [5.41, 5.74) is 12.4. The first-order chi connectivity index (χ1) is 10.0. The standard InChI is InChI=1S/C13H14Cl2N6/c1-2-3-4-19-10-6(5-16)8(14)7-11(9(10)15)20-13(18)21-12(7)17/h19H,2-4H2,1H3,(H4,17,18,20,21). The minimum Gasteiger partial charge on any atom is -0.383 e. The van der Waals surface area contributed by atoms with Crippen molar-refractivity contribution in [3.63, 3.8) is 0 Å². The number of nitrogens with two attached hydrogens (primary N) is 2. The largest absolute Gasteiger partial charge is 0.383 e. The highest BCUT2D eigenvalue weighted by Gasteiger charge is 2.21. The maximum atomic E-state index is 9.35. The summed E-state index contributed by atoms with van der Waals surface area (Å²) < 4.78 is 0. The van der Waals surface area contributed by atoms with Crippen LogP contribution in [0.15, 0.2) is 0 Å². The Hall–Kier alpha value is -1.97. The fraction of sp³-hybridized carbons (Fsp3) is 0.308. The molecular weight excluding hydrogens is 311 g/mol. The van der Waals surface area contributed by atoms with Crippen molar-refractivity contribution in [2.45, 2.75) is 19.8 Å². The van der Waals surface area contributed by atoms with Crippen LogP contribution in [-0.2, 0) is 0 Å². The number of unbranched alkanes of at least 4 members (excludes halogenated alkanes) is 1. The van der Waals surface area contributed by atoms with Crippen molar-refractivity contribution < 1.29 is 0 Å². The Morgan fingerprint density at radius 3 is 2.57 bits per heavy atom. The van der Waals surface area contributed by atoms with Crippen molar-refractivity contribution in [3.05, 3.63) is 15.6 Å². The summed E-state index contributed by atoms with van der Waals surface area (Å²) in [6, 6.07) is 2.04. The summed E-state index contributed by atoms with van der Waals surface area (Å²) in [5, 5.41) is 13.3. The minimum absolute atomic E-state index is 0.00202. The maximum Gasteiger partial charge on any atom is 0.222 e. The van der Waals surface area contributed by atoms with Crippen molar-refractivity contribution in [3.8, 4) is 6.07 Å². The van der Waals surface area contributed by atoms with E-state index in [1.54, 1.807) is 0 Å². The molecule has 2 rings (SSSR count). The molecule has 0 saturated heterocycles. The Balaban J connectivity index is 2.74. The number of nitrogen functional groups attached to an aromatic ring is 2. The number of rotatable bonds is 4. The molecule has 5 N–H and O–H groups in total. The molecule has 6 nitrogen and oxygen atoms in total. The summed E-state index contributed by atoms with van der Waals surface area (Å²) in [7, 11) is 0. The van der Waals surface area contributed by atoms with E-state index in [1.807, 2.05) is 6.07 Å². The number of nitriles is 1. The maximum absolute atomic E-state index is 9.35. The molecule has 110 valence electrons. The number of hydrogen-bond acceptors (Lipinski definition) is 6. The van der Waals surface area contributed by atoms with Gasteiger partial charge in [-0.15, -0.1) is 0 Å². The van der Waals surface area contributed by atoms with Gasteiger partial charge in [-0.25, -0.2) is 4.98 Å². The second-order valence-corrected chi connectivity index (χ2v) is 5.22. The molecule has 21 heavy (non-hydrogen) atoms. The first-order valence-corrected chi connectivity index (χ1v) is 7.14. The fourth-order valence-electron chi connectivity index (χ4n) is 2.00. The van der Waals surface area contributed by atoms with Gasteiger partial charge in [0.05, 0.1) is 26.7 Å². The third-order valence-corrected chi connectivity index (χ3v) is 3.76. The van der Waals surface area contributed by atoms with E-state index in [9.17, 15) is 5.26 Å². The quantitative estimate of drug-likeness (QED) is 0.744. The first kappa shape index (κ1) is 15.4. The van der Waals surface area contributed by atoms with Crippen LogP contribution >= 0.6 is 23.2 Å². The zero-order valence-electron chi connectivity index (χ0n) is 11.4. The van der Waals surface area contributed by atoms with Crippen LogP contribution in [0.4, 0.5) is 17.5 Å². The summed E-state index contributed by atoms with van der Waals surface area (Å²) in [5.74, 6) is 0.100. The van der Waals surface area contributed by atoms with Crippen molar-refractivity contribution >= 4 is 51.6 Å². The molecule has 0 aliphatic carbocycles. The molecule has 0 bridgehead atoms. The third-order valence-electron chi connectivity index (χ3n) is 3.01. The molecule has 0 aliphatic heterocycles. The molecule has 0 amide bonds. The van der Waals surface area contributed by atoms with Gasteiger partial charge in [0, 0.05) is 6.54 Å². The van der Waals surface area contributed by atoms with Crippen LogP contribution in [0.25, 0.3) is 10.9 Å². The molecule has 1 heterocycles. The van der Waals surface area contributed by atoms with E-state index < -0.39 is 0 Å². The number of nitrogens with one attached hydrogen (secondary N) is 1. The summed E-state index contributed by atoms with van der Waals surface area (Å²) in [4.78, 5) is 7.94. The molecule has 2 aromatic rings. The average molecular weight is 325 g/mol. The molecule has 0 spiro atoms. The smallest absolute Gasteiger partial charge is 0.222 e. The molecule has 0 atom stereocenters. The van der Waals surface area contributed by atoms with E-state index in [1.165, 1.54) is 0 Å². The van der Waals surface area contributed by atoms with Crippen LogP contribution < -0.4 is 16.8 Å². The predicted octanol–water partition coefficient (Wildman–Crippen LogP) is 3.18. The Kier molecular flexibility index (Phi) is 4.56. The van der Waals surface area contributed by atoms with Gasteiger partial charge >= 0.3 is 0 Å². The van der Waals surface area contributed by atoms with E-state index in [0.717, 1.165) is 12.8 Å². The van der Waals surface area contributed by atoms with Crippen LogP contribution in [0.1, 0.15) is 25.3 Å². The monoisotopic (exact) mass is 324 g/mol. The number of nitrogens with zero attached hydrogens (tertiary/aromatic N) is 3. The highest BCUT2D eigenvalue weighted by atomic mass is 35.5. The molecule has 8 heteroatoms. The van der Waals surface area contributed by atoms with Crippen LogP contribution in [0.2, 0.25) is 10.0 Å². The summed E-state index contributed by atoms with van der Waals surface area (Å²) in [6.07, 6.45) is 1.95. The Morgan fingerprint density at radius 1 is 1.24 bits per heavy atom. The Labute approximate surface area is 132 Å². The molecule has 0 unspecified atom stereocenters. The summed E-state index contributed by atoms with van der Waals surface area (Å²) in [6.45, 7) is 2.74. The van der Waals surface area contributed by atoms with E-state index >= 15 is 0 Å². The van der Waals surface area contributed by atoms with Crippen LogP contribution in [0.3, 0.4) is 0 Å². The normalized spacial score (nSPS) is 10.6. The fourth-order valence-corrected chi connectivity index (χ4v) is 2.62. The lowest BCUT2D eigenvalue weighted by Crippen LogP contribution is -2.07. The second kappa shape index (κ2) is 6.20. The van der Waals surface area contributed by atoms with Crippen LogP contribution in [-0.4, -0.2) is 16.5 Å². The van der Waals surface area contributed by atoms with Gasteiger partial charge in [-0.05, 0) is 6.42 Å². The zero-order chi connectivity index (χ0) is 15.6. The lowest BCUT2D eigenvalue weighted by molar-refractivity contribution is 0.834. The number of fused-ring (bicyclic) bond motifs is 1. The second-order valence-electron chi connectivity index (χ2n) is 4.46. The topological polar surface area (TPSA) is 114 Å². The van der Waals surface area contributed by atoms with Gasteiger partial charge in [-0.1, -0.05) is 36.5 Å². The van der Waals surface area contributed by atoms with Crippen molar-refractivity contribution in [2.24, 2.45) is 0 Å². The molecule has 0 saturated carbocycles. The van der Waals surface area contributed by atoms with Gasteiger partial charge in [0.15, 0.2) is 0 Å². The number of aromatic nitrogens is 2. The number of anilines is 3. The van der Waals surface area contributed by atoms with Crippen molar-refractivity contribution in [2.75, 3.05) is 23.3 Å². The lowest BCUT2D eigenvalue weighted by Gasteiger charge is -2.15. The molecule has 0 radical (unpaired) electrons. The van der Waals surface area contributed by atoms with E-state index in [0.29, 0.717) is 23.1 Å². The summed E-state index contributed by atoms with van der Waals surface area (Å²) >= 11 is 12.6. The van der Waals surface area contributed by atoms with Crippen LogP contribution in [0.5, 0.6) is 0 Å².